The van der Waals surface area contributed by atoms with Gasteiger partial charge in [0.15, 0.2) is 5.13 Å². The number of para-hydroxylation sites is 1. The molecule has 2 amide bonds. The highest BCUT2D eigenvalue weighted by Crippen LogP contribution is 2.31. The van der Waals surface area contributed by atoms with E-state index in [1.807, 2.05) is 24.3 Å². The van der Waals surface area contributed by atoms with Crippen molar-refractivity contribution in [2.75, 3.05) is 18.1 Å². The van der Waals surface area contributed by atoms with Crippen LogP contribution in [0, 0.1) is 0 Å². The molecule has 1 saturated heterocycles. The normalized spacial score (nSPS) is 14.1. The molecular weight excluding hydrogens is 405 g/mol. The Balaban J connectivity index is 1.74. The van der Waals surface area contributed by atoms with Crippen LogP contribution in [-0.2, 0) is 4.79 Å². The second kappa shape index (κ2) is 7.46. The zero-order valence-electron chi connectivity index (χ0n) is 14.2. The molecule has 2 heterocycles. The third-order valence-electron chi connectivity index (χ3n) is 4.40. The van der Waals surface area contributed by atoms with E-state index < -0.39 is 0 Å². The molecule has 0 atom stereocenters. The average Bonchev–Trinajstić information content (AvgIpc) is 3.24. The first-order valence-electron chi connectivity index (χ1n) is 8.43. The number of aromatic nitrogens is 1. The van der Waals surface area contributed by atoms with Crippen molar-refractivity contribution in [1.29, 1.82) is 0 Å². The van der Waals surface area contributed by atoms with Crippen molar-refractivity contribution in [2.45, 2.75) is 12.8 Å². The monoisotopic (exact) mass is 419 g/mol. The summed E-state index contributed by atoms with van der Waals surface area (Å²) in [6, 6.07) is 12.4. The Kier molecular flexibility index (Phi) is 5.04. The number of halogens is 2. The molecule has 0 bridgehead atoms. The average molecular weight is 420 g/mol. The highest BCUT2D eigenvalue weighted by molar-refractivity contribution is 7.22. The third kappa shape index (κ3) is 3.65. The van der Waals surface area contributed by atoms with Crippen molar-refractivity contribution < 1.29 is 9.59 Å². The molecular formula is C19H15Cl2N3O2S. The highest BCUT2D eigenvalue weighted by atomic mass is 35.5. The van der Waals surface area contributed by atoms with Crippen molar-refractivity contribution >= 4 is 61.7 Å². The number of amides is 2. The van der Waals surface area contributed by atoms with Gasteiger partial charge in [-0.1, -0.05) is 46.7 Å². The number of rotatable bonds is 4. The van der Waals surface area contributed by atoms with E-state index in [2.05, 4.69) is 4.98 Å². The van der Waals surface area contributed by atoms with E-state index in [9.17, 15) is 9.59 Å². The van der Waals surface area contributed by atoms with Crippen molar-refractivity contribution in [2.24, 2.45) is 0 Å². The molecule has 5 nitrogen and oxygen atoms in total. The molecule has 1 aliphatic rings. The van der Waals surface area contributed by atoms with Crippen LogP contribution in [0.3, 0.4) is 0 Å². The molecule has 3 aromatic rings. The van der Waals surface area contributed by atoms with Crippen LogP contribution in [0.2, 0.25) is 10.0 Å². The molecule has 0 unspecified atom stereocenters. The molecule has 0 saturated carbocycles. The van der Waals surface area contributed by atoms with Gasteiger partial charge in [-0.25, -0.2) is 4.98 Å². The van der Waals surface area contributed by atoms with E-state index in [1.165, 1.54) is 22.3 Å². The SMILES string of the molecule is O=C1CCCN1CN(C(=O)c1ccc(Cl)cc1Cl)c1nc2ccccc2s1. The Morgan fingerprint density at radius 2 is 2.04 bits per heavy atom. The predicted octanol–water partition coefficient (Wildman–Crippen LogP) is 4.83. The molecule has 0 spiro atoms. The number of carbonyl (C=O) groups excluding carboxylic acids is 2. The fraction of sp³-hybridized carbons (Fsp3) is 0.211. The molecule has 0 N–H and O–H groups in total. The van der Waals surface area contributed by atoms with E-state index in [1.54, 1.807) is 17.0 Å². The number of benzene rings is 2. The van der Waals surface area contributed by atoms with E-state index in [0.717, 1.165) is 16.6 Å². The largest absolute Gasteiger partial charge is 0.324 e. The summed E-state index contributed by atoms with van der Waals surface area (Å²) in [5.74, 6) is -0.272. The number of thiazole rings is 1. The number of carbonyl (C=O) groups is 2. The van der Waals surface area contributed by atoms with Crippen LogP contribution in [0.4, 0.5) is 5.13 Å². The van der Waals surface area contributed by atoms with Crippen molar-refractivity contribution in [3.05, 3.63) is 58.1 Å². The molecule has 4 rings (SSSR count). The van der Waals surface area contributed by atoms with Crippen LogP contribution in [0.15, 0.2) is 42.5 Å². The van der Waals surface area contributed by atoms with Crippen LogP contribution in [0.25, 0.3) is 10.2 Å². The van der Waals surface area contributed by atoms with Gasteiger partial charge in [-0.3, -0.25) is 14.5 Å². The van der Waals surface area contributed by atoms with Crippen LogP contribution in [0.5, 0.6) is 0 Å². The minimum atomic E-state index is -0.310. The van der Waals surface area contributed by atoms with Crippen molar-refractivity contribution in [3.63, 3.8) is 0 Å². The number of hydrogen-bond acceptors (Lipinski definition) is 4. The number of anilines is 1. The van der Waals surface area contributed by atoms with Gasteiger partial charge in [-0.2, -0.15) is 0 Å². The van der Waals surface area contributed by atoms with Crippen LogP contribution >= 0.6 is 34.5 Å². The maximum absolute atomic E-state index is 13.3. The van der Waals surface area contributed by atoms with Crippen molar-refractivity contribution in [1.82, 2.24) is 9.88 Å². The highest BCUT2D eigenvalue weighted by Gasteiger charge is 2.29. The summed E-state index contributed by atoms with van der Waals surface area (Å²) in [6.07, 6.45) is 1.30. The van der Waals surface area contributed by atoms with E-state index in [-0.39, 0.29) is 23.5 Å². The topological polar surface area (TPSA) is 53.5 Å². The first-order chi connectivity index (χ1) is 13.0. The summed E-state index contributed by atoms with van der Waals surface area (Å²) in [5.41, 5.74) is 1.14. The summed E-state index contributed by atoms with van der Waals surface area (Å²) >= 11 is 13.6. The molecule has 0 radical (unpaired) electrons. The van der Waals surface area contributed by atoms with Gasteiger partial charge in [-0.05, 0) is 36.8 Å². The van der Waals surface area contributed by atoms with Gasteiger partial charge in [0.2, 0.25) is 5.91 Å². The van der Waals surface area contributed by atoms with Gasteiger partial charge in [0, 0.05) is 18.0 Å². The fourth-order valence-electron chi connectivity index (χ4n) is 3.02. The van der Waals surface area contributed by atoms with E-state index in [0.29, 0.717) is 28.7 Å². The summed E-state index contributed by atoms with van der Waals surface area (Å²) in [6.45, 7) is 0.776. The van der Waals surface area contributed by atoms with E-state index >= 15 is 0 Å². The van der Waals surface area contributed by atoms with Gasteiger partial charge < -0.3 is 4.90 Å². The first kappa shape index (κ1) is 18.2. The zero-order valence-corrected chi connectivity index (χ0v) is 16.5. The summed E-state index contributed by atoms with van der Waals surface area (Å²) < 4.78 is 0.972. The molecule has 1 aromatic heterocycles. The first-order valence-corrected chi connectivity index (χ1v) is 10.0. The lowest BCUT2D eigenvalue weighted by atomic mass is 10.2. The van der Waals surface area contributed by atoms with Gasteiger partial charge >= 0.3 is 0 Å². The Hall–Kier alpha value is -2.15. The second-order valence-corrected chi connectivity index (χ2v) is 8.08. The molecule has 27 heavy (non-hydrogen) atoms. The quantitative estimate of drug-likeness (QED) is 0.608. The standard InChI is InChI=1S/C19H15Cl2N3O2S/c20-12-7-8-13(14(21)10-12)18(26)24(11-23-9-3-6-17(23)25)19-22-15-4-1-2-5-16(15)27-19/h1-2,4-5,7-8,10H,3,6,9,11H2. The molecule has 1 aliphatic heterocycles. The minimum absolute atomic E-state index is 0.0381. The Bertz CT molecular complexity index is 1000. The maximum Gasteiger partial charge on any atom is 0.263 e. The van der Waals surface area contributed by atoms with Gasteiger partial charge in [0.25, 0.3) is 5.91 Å². The number of likely N-dealkylation sites (tertiary alicyclic amines) is 1. The Labute approximate surface area is 170 Å². The molecule has 138 valence electrons. The number of fused-ring (bicyclic) bond motifs is 1. The molecule has 8 heteroatoms. The maximum atomic E-state index is 13.3. The lowest BCUT2D eigenvalue weighted by molar-refractivity contribution is -0.127. The minimum Gasteiger partial charge on any atom is -0.324 e. The number of hydrogen-bond donors (Lipinski definition) is 0. The third-order valence-corrected chi connectivity index (χ3v) is 6.01. The summed E-state index contributed by atoms with van der Waals surface area (Å²) in [5, 5.41) is 1.26. The van der Waals surface area contributed by atoms with E-state index in [4.69, 9.17) is 23.2 Å². The van der Waals surface area contributed by atoms with Crippen LogP contribution in [-0.4, -0.2) is 34.9 Å². The second-order valence-electron chi connectivity index (χ2n) is 6.22. The van der Waals surface area contributed by atoms with Gasteiger partial charge in [0.1, 0.15) is 6.67 Å². The van der Waals surface area contributed by atoms with Gasteiger partial charge in [0.05, 0.1) is 20.8 Å². The lowest BCUT2D eigenvalue weighted by Crippen LogP contribution is -2.42. The molecule has 1 fully saturated rings. The Morgan fingerprint density at radius 1 is 1.22 bits per heavy atom. The van der Waals surface area contributed by atoms with Gasteiger partial charge in [-0.15, -0.1) is 0 Å². The smallest absolute Gasteiger partial charge is 0.263 e. The van der Waals surface area contributed by atoms with Crippen LogP contribution < -0.4 is 4.90 Å². The predicted molar refractivity (Wildman–Crippen MR) is 109 cm³/mol. The molecule has 0 aliphatic carbocycles. The summed E-state index contributed by atoms with van der Waals surface area (Å²) in [7, 11) is 0. The fourth-order valence-corrected chi connectivity index (χ4v) is 4.47. The zero-order chi connectivity index (χ0) is 19.0. The Morgan fingerprint density at radius 3 is 2.74 bits per heavy atom. The van der Waals surface area contributed by atoms with Crippen LogP contribution in [0.1, 0.15) is 23.2 Å². The molecule has 2 aromatic carbocycles. The van der Waals surface area contributed by atoms with Crippen molar-refractivity contribution in [3.8, 4) is 0 Å². The summed E-state index contributed by atoms with van der Waals surface area (Å²) in [4.78, 5) is 33.2. The number of nitrogens with zero attached hydrogens (tertiary/aromatic N) is 3. The lowest BCUT2D eigenvalue weighted by Gasteiger charge is -2.26.